The van der Waals surface area contributed by atoms with E-state index in [9.17, 15) is 23.9 Å². The number of hydrogen-bond acceptors (Lipinski definition) is 6. The first-order chi connectivity index (χ1) is 17.9. The third-order valence-corrected chi connectivity index (χ3v) is 6.42. The van der Waals surface area contributed by atoms with E-state index in [4.69, 9.17) is 4.74 Å². The van der Waals surface area contributed by atoms with E-state index in [1.54, 1.807) is 23.1 Å². The number of carbonyl (C=O) groups is 2. The summed E-state index contributed by atoms with van der Waals surface area (Å²) >= 11 is 0. The monoisotopic (exact) mass is 510 g/mol. The number of pyridine rings is 2. The third kappa shape index (κ3) is 6.14. The van der Waals surface area contributed by atoms with Crippen LogP contribution < -0.4 is 10.9 Å². The maximum Gasteiger partial charge on any atom is 0.268 e. The highest BCUT2D eigenvalue weighted by Crippen LogP contribution is 2.26. The topological polar surface area (TPSA) is 114 Å². The first-order valence-corrected chi connectivity index (χ1v) is 12.5. The zero-order valence-electron chi connectivity index (χ0n) is 20.8. The molecule has 10 heteroatoms. The molecule has 0 bridgehead atoms. The lowest BCUT2D eigenvalue weighted by atomic mass is 10.1. The number of nitrogens with zero attached hydrogens (tertiary/aromatic N) is 3. The molecule has 2 amide bonds. The molecule has 1 fully saturated rings. The van der Waals surface area contributed by atoms with Crippen LogP contribution in [0, 0.1) is 5.82 Å². The van der Waals surface area contributed by atoms with Gasteiger partial charge in [0.2, 0.25) is 5.91 Å². The van der Waals surface area contributed by atoms with Gasteiger partial charge in [0.1, 0.15) is 23.4 Å². The van der Waals surface area contributed by atoms with E-state index in [1.165, 1.54) is 22.9 Å². The number of carbonyl (C=O) groups excluding carboxylic acids is 2. The van der Waals surface area contributed by atoms with Crippen molar-refractivity contribution in [2.45, 2.75) is 39.2 Å². The predicted octanol–water partition coefficient (Wildman–Crippen LogP) is 2.61. The van der Waals surface area contributed by atoms with E-state index in [0.717, 1.165) is 24.8 Å². The number of hydrogen-bond donors (Lipinski definition) is 2. The van der Waals surface area contributed by atoms with Crippen LogP contribution in [0.5, 0.6) is 5.75 Å². The van der Waals surface area contributed by atoms with Gasteiger partial charge in [-0.05, 0) is 61.9 Å². The number of nitrogens with one attached hydrogen (secondary N) is 1. The number of halogens is 1. The highest BCUT2D eigenvalue weighted by molar-refractivity contribution is 6.01. The number of aromatic hydroxyl groups is 1. The number of amides is 2. The largest absolute Gasteiger partial charge is 0.505 e. The standard InChI is InChI=1S/C27H31FN4O5/c1-2-37-13-10-29-26(35)23-25(34)24-21(15-19(16-30-24)14-18-6-8-20(28)9-7-18)32(27(23)36)17-22(33)31-11-4-3-5-12-31/h6-9,15-16,34H,2-5,10-14,17H2,1H3,(H,29,35). The van der Waals surface area contributed by atoms with Gasteiger partial charge < -0.3 is 20.1 Å². The maximum absolute atomic E-state index is 13.5. The Labute approximate surface area is 213 Å². The summed E-state index contributed by atoms with van der Waals surface area (Å²) in [4.78, 5) is 45.6. The van der Waals surface area contributed by atoms with Crippen molar-refractivity contribution in [2.75, 3.05) is 32.8 Å². The fraction of sp³-hybridized carbons (Fsp3) is 0.407. The predicted molar refractivity (Wildman–Crippen MR) is 136 cm³/mol. The minimum atomic E-state index is -0.773. The van der Waals surface area contributed by atoms with Gasteiger partial charge in [0, 0.05) is 32.4 Å². The molecular weight excluding hydrogens is 479 g/mol. The van der Waals surface area contributed by atoms with Crippen molar-refractivity contribution in [1.29, 1.82) is 0 Å². The number of fused-ring (bicyclic) bond motifs is 1. The Bertz CT molecular complexity index is 1330. The molecule has 37 heavy (non-hydrogen) atoms. The zero-order valence-corrected chi connectivity index (χ0v) is 20.8. The summed E-state index contributed by atoms with van der Waals surface area (Å²) in [6, 6.07) is 7.70. The minimum absolute atomic E-state index is 0.0452. The molecule has 3 heterocycles. The van der Waals surface area contributed by atoms with Crippen molar-refractivity contribution in [1.82, 2.24) is 19.8 Å². The Kier molecular flexibility index (Phi) is 8.50. The molecule has 0 saturated carbocycles. The van der Waals surface area contributed by atoms with Crippen molar-refractivity contribution >= 4 is 22.8 Å². The summed E-state index contributed by atoms with van der Waals surface area (Å²) in [6.07, 6.45) is 4.78. The van der Waals surface area contributed by atoms with Gasteiger partial charge >= 0.3 is 0 Å². The molecule has 0 aliphatic carbocycles. The number of ether oxygens (including phenoxy) is 1. The second kappa shape index (κ2) is 12.0. The fourth-order valence-electron chi connectivity index (χ4n) is 4.49. The molecular formula is C27H31FN4O5. The Hall–Kier alpha value is -3.79. The van der Waals surface area contributed by atoms with Crippen LogP contribution in [0.2, 0.25) is 0 Å². The van der Waals surface area contributed by atoms with Gasteiger partial charge in [-0.3, -0.25) is 23.9 Å². The molecule has 196 valence electrons. The number of rotatable bonds is 9. The highest BCUT2D eigenvalue weighted by Gasteiger charge is 2.26. The minimum Gasteiger partial charge on any atom is -0.505 e. The lowest BCUT2D eigenvalue weighted by Crippen LogP contribution is -2.41. The van der Waals surface area contributed by atoms with Crippen LogP contribution in [0.4, 0.5) is 4.39 Å². The molecule has 0 unspecified atom stereocenters. The van der Waals surface area contributed by atoms with E-state index in [-0.39, 0.29) is 42.5 Å². The Balaban J connectivity index is 1.75. The molecule has 2 N–H and O–H groups in total. The van der Waals surface area contributed by atoms with Crippen molar-refractivity contribution in [3.63, 3.8) is 0 Å². The van der Waals surface area contributed by atoms with Crippen LogP contribution in [0.25, 0.3) is 11.0 Å². The summed E-state index contributed by atoms with van der Waals surface area (Å²) in [5, 5.41) is 13.5. The van der Waals surface area contributed by atoms with Crippen LogP contribution in [0.3, 0.4) is 0 Å². The molecule has 2 aromatic heterocycles. The van der Waals surface area contributed by atoms with Crippen LogP contribution in [-0.4, -0.2) is 64.2 Å². The number of piperidine rings is 1. The lowest BCUT2D eigenvalue weighted by Gasteiger charge is -2.27. The lowest BCUT2D eigenvalue weighted by molar-refractivity contribution is -0.132. The van der Waals surface area contributed by atoms with E-state index in [0.29, 0.717) is 31.7 Å². The van der Waals surface area contributed by atoms with Crippen molar-refractivity contribution in [3.05, 3.63) is 69.4 Å². The first-order valence-electron chi connectivity index (χ1n) is 12.5. The summed E-state index contributed by atoms with van der Waals surface area (Å²) in [5.41, 5.74) is 0.586. The molecule has 1 aliphatic heterocycles. The maximum atomic E-state index is 13.5. The van der Waals surface area contributed by atoms with Crippen LogP contribution in [0.15, 0.2) is 41.3 Å². The Morgan fingerprint density at radius 3 is 2.57 bits per heavy atom. The van der Waals surface area contributed by atoms with Gasteiger partial charge in [-0.1, -0.05) is 12.1 Å². The zero-order chi connectivity index (χ0) is 26.4. The van der Waals surface area contributed by atoms with Gasteiger partial charge in [0.15, 0.2) is 5.75 Å². The van der Waals surface area contributed by atoms with Crippen molar-refractivity contribution < 1.29 is 23.8 Å². The smallest absolute Gasteiger partial charge is 0.268 e. The van der Waals surface area contributed by atoms with Gasteiger partial charge in [0.25, 0.3) is 11.5 Å². The number of benzene rings is 1. The quantitative estimate of drug-likeness (QED) is 0.428. The van der Waals surface area contributed by atoms with Crippen LogP contribution in [-0.2, 0) is 22.5 Å². The van der Waals surface area contributed by atoms with Crippen LogP contribution >= 0.6 is 0 Å². The van der Waals surface area contributed by atoms with E-state index < -0.39 is 22.8 Å². The number of likely N-dealkylation sites (tertiary alicyclic amines) is 1. The van der Waals surface area contributed by atoms with E-state index >= 15 is 0 Å². The molecule has 1 aliphatic rings. The summed E-state index contributed by atoms with van der Waals surface area (Å²) in [6.45, 7) is 3.66. The summed E-state index contributed by atoms with van der Waals surface area (Å²) < 4.78 is 19.7. The second-order valence-electron chi connectivity index (χ2n) is 9.02. The van der Waals surface area contributed by atoms with Crippen LogP contribution in [0.1, 0.15) is 47.7 Å². The normalized spacial score (nSPS) is 13.6. The molecule has 4 rings (SSSR count). The molecule has 0 spiro atoms. The van der Waals surface area contributed by atoms with Gasteiger partial charge in [0.05, 0.1) is 12.1 Å². The molecule has 0 atom stereocenters. The molecule has 1 aromatic carbocycles. The van der Waals surface area contributed by atoms with E-state index in [1.807, 2.05) is 6.92 Å². The number of aromatic nitrogens is 2. The van der Waals surface area contributed by atoms with Gasteiger partial charge in [-0.25, -0.2) is 4.39 Å². The van der Waals surface area contributed by atoms with Gasteiger partial charge in [-0.15, -0.1) is 0 Å². The van der Waals surface area contributed by atoms with Crippen molar-refractivity contribution in [2.24, 2.45) is 0 Å². The Morgan fingerprint density at radius 1 is 1.14 bits per heavy atom. The molecule has 9 nitrogen and oxygen atoms in total. The second-order valence-corrected chi connectivity index (χ2v) is 9.02. The summed E-state index contributed by atoms with van der Waals surface area (Å²) in [5.74, 6) is -1.88. The molecule has 3 aromatic rings. The first kappa shape index (κ1) is 26.3. The average Bonchev–Trinajstić information content (AvgIpc) is 2.91. The third-order valence-electron chi connectivity index (χ3n) is 6.42. The Morgan fingerprint density at radius 2 is 1.86 bits per heavy atom. The SMILES string of the molecule is CCOCCNC(=O)c1c(O)c2ncc(Cc3ccc(F)cc3)cc2n(CC(=O)N2CCCCC2)c1=O. The molecule has 1 saturated heterocycles. The molecule has 0 radical (unpaired) electrons. The highest BCUT2D eigenvalue weighted by atomic mass is 19.1. The fourth-order valence-corrected chi connectivity index (χ4v) is 4.49. The van der Waals surface area contributed by atoms with Gasteiger partial charge in [-0.2, -0.15) is 0 Å². The van der Waals surface area contributed by atoms with Crippen molar-refractivity contribution in [3.8, 4) is 5.75 Å². The van der Waals surface area contributed by atoms with E-state index in [2.05, 4.69) is 10.3 Å². The summed E-state index contributed by atoms with van der Waals surface area (Å²) in [7, 11) is 0. The average molecular weight is 511 g/mol.